The van der Waals surface area contributed by atoms with Crippen LogP contribution in [0.2, 0.25) is 0 Å². The number of aliphatic hydroxyl groups is 1. The number of amides is 1. The topological polar surface area (TPSA) is 73.1 Å². The van der Waals surface area contributed by atoms with Crippen molar-refractivity contribution in [1.82, 2.24) is 5.32 Å². The lowest BCUT2D eigenvalue weighted by Gasteiger charge is -2.14. The summed E-state index contributed by atoms with van der Waals surface area (Å²) in [6.45, 7) is 4.30. The molecule has 1 fully saturated rings. The van der Waals surface area contributed by atoms with E-state index in [-0.39, 0.29) is 23.3 Å². The second kappa shape index (κ2) is 6.28. The molecule has 2 N–H and O–H groups in total. The minimum atomic E-state index is -0.350. The third-order valence-electron chi connectivity index (χ3n) is 4.02. The molecule has 112 valence electrons. The van der Waals surface area contributed by atoms with Gasteiger partial charge in [-0.25, -0.2) is 0 Å². The summed E-state index contributed by atoms with van der Waals surface area (Å²) in [6, 6.07) is 9.67. The van der Waals surface area contributed by atoms with E-state index in [0.29, 0.717) is 18.5 Å². The van der Waals surface area contributed by atoms with Gasteiger partial charge in [0.05, 0.1) is 17.6 Å². The number of hydrogen-bond donors (Lipinski definition) is 2. The van der Waals surface area contributed by atoms with E-state index in [0.717, 1.165) is 18.4 Å². The second-order valence-electron chi connectivity index (χ2n) is 6.17. The minimum Gasteiger partial charge on any atom is -0.393 e. The first-order valence-corrected chi connectivity index (χ1v) is 7.45. The van der Waals surface area contributed by atoms with Gasteiger partial charge in [0, 0.05) is 12.1 Å². The van der Waals surface area contributed by atoms with Crippen LogP contribution >= 0.6 is 0 Å². The van der Waals surface area contributed by atoms with Gasteiger partial charge in [0.2, 0.25) is 0 Å². The van der Waals surface area contributed by atoms with Crippen LogP contribution in [0.25, 0.3) is 0 Å². The van der Waals surface area contributed by atoms with Crippen molar-refractivity contribution >= 4 is 5.91 Å². The van der Waals surface area contributed by atoms with Crippen LogP contribution in [0.5, 0.6) is 0 Å². The molecule has 1 aromatic rings. The van der Waals surface area contributed by atoms with E-state index >= 15 is 0 Å². The van der Waals surface area contributed by atoms with Gasteiger partial charge < -0.3 is 10.4 Å². The third kappa shape index (κ3) is 3.83. The van der Waals surface area contributed by atoms with Crippen LogP contribution < -0.4 is 5.32 Å². The Morgan fingerprint density at radius 2 is 2.00 bits per heavy atom. The van der Waals surface area contributed by atoms with E-state index in [9.17, 15) is 9.90 Å². The van der Waals surface area contributed by atoms with Crippen molar-refractivity contribution in [1.29, 1.82) is 5.26 Å². The number of carbonyl (C=O) groups is 1. The van der Waals surface area contributed by atoms with Gasteiger partial charge in [-0.15, -0.1) is 0 Å². The highest BCUT2D eigenvalue weighted by Gasteiger charge is 2.44. The van der Waals surface area contributed by atoms with Gasteiger partial charge in [-0.1, -0.05) is 19.1 Å². The van der Waals surface area contributed by atoms with E-state index in [1.807, 2.05) is 19.1 Å². The lowest BCUT2D eigenvalue weighted by atomic mass is 9.96. The van der Waals surface area contributed by atoms with Crippen LogP contribution in [-0.2, 0) is 5.41 Å². The zero-order valence-corrected chi connectivity index (χ0v) is 12.6. The first-order valence-electron chi connectivity index (χ1n) is 7.45. The molecule has 1 aromatic carbocycles. The fourth-order valence-electron chi connectivity index (χ4n) is 2.57. The maximum atomic E-state index is 12.0. The van der Waals surface area contributed by atoms with Crippen LogP contribution in [0.3, 0.4) is 0 Å². The molecule has 1 aliphatic rings. The van der Waals surface area contributed by atoms with Crippen molar-refractivity contribution in [2.24, 2.45) is 5.92 Å². The summed E-state index contributed by atoms with van der Waals surface area (Å²) in [5.74, 6) is 0.127. The average Bonchev–Trinajstić information content (AvgIpc) is 3.25. The predicted molar refractivity (Wildman–Crippen MR) is 80.8 cm³/mol. The second-order valence-corrected chi connectivity index (χ2v) is 6.17. The van der Waals surface area contributed by atoms with Gasteiger partial charge in [-0.05, 0) is 49.8 Å². The SMILES string of the molecule is CC(O)CC(C)CNC(=O)c1ccc(C2(C#N)CC2)cc1. The monoisotopic (exact) mass is 286 g/mol. The normalized spacial score (nSPS) is 18.4. The van der Waals surface area contributed by atoms with Crippen LogP contribution in [0.4, 0.5) is 0 Å². The van der Waals surface area contributed by atoms with Crippen molar-refractivity contribution in [2.45, 2.75) is 44.6 Å². The Morgan fingerprint density at radius 1 is 1.38 bits per heavy atom. The number of rotatable bonds is 6. The molecule has 0 radical (unpaired) electrons. The van der Waals surface area contributed by atoms with Crippen molar-refractivity contribution in [3.05, 3.63) is 35.4 Å². The minimum absolute atomic E-state index is 0.110. The Hall–Kier alpha value is -1.86. The summed E-state index contributed by atoms with van der Waals surface area (Å²) in [7, 11) is 0. The Kier molecular flexibility index (Phi) is 4.64. The zero-order valence-electron chi connectivity index (χ0n) is 12.6. The average molecular weight is 286 g/mol. The maximum Gasteiger partial charge on any atom is 0.251 e. The first kappa shape index (κ1) is 15.5. The fourth-order valence-corrected chi connectivity index (χ4v) is 2.57. The molecule has 0 spiro atoms. The molecule has 2 unspecified atom stereocenters. The molecular formula is C17H22N2O2. The highest BCUT2D eigenvalue weighted by atomic mass is 16.3. The lowest BCUT2D eigenvalue weighted by molar-refractivity contribution is 0.0939. The third-order valence-corrected chi connectivity index (χ3v) is 4.02. The molecule has 0 saturated heterocycles. The molecule has 0 aliphatic heterocycles. The molecule has 2 rings (SSSR count). The number of hydrogen-bond acceptors (Lipinski definition) is 3. The summed E-state index contributed by atoms with van der Waals surface area (Å²) in [4.78, 5) is 12.0. The van der Waals surface area contributed by atoms with E-state index in [1.54, 1.807) is 19.1 Å². The van der Waals surface area contributed by atoms with Crippen molar-refractivity contribution in [3.63, 3.8) is 0 Å². The molecular weight excluding hydrogens is 264 g/mol. The van der Waals surface area contributed by atoms with E-state index in [4.69, 9.17) is 5.26 Å². The standard InChI is InChI=1S/C17H22N2O2/c1-12(9-13(2)20)10-19-16(21)14-3-5-15(6-4-14)17(11-18)7-8-17/h3-6,12-13,20H,7-10H2,1-2H3,(H,19,21). The number of nitrogens with zero attached hydrogens (tertiary/aromatic N) is 1. The number of carbonyl (C=O) groups excluding carboxylic acids is 1. The number of benzene rings is 1. The number of nitrogens with one attached hydrogen (secondary N) is 1. The number of aliphatic hydroxyl groups excluding tert-OH is 1. The van der Waals surface area contributed by atoms with Gasteiger partial charge in [0.1, 0.15) is 0 Å². The summed E-state index contributed by atoms with van der Waals surface area (Å²) < 4.78 is 0. The van der Waals surface area contributed by atoms with E-state index in [2.05, 4.69) is 11.4 Å². The summed E-state index contributed by atoms with van der Waals surface area (Å²) in [5, 5.41) is 21.3. The van der Waals surface area contributed by atoms with Crippen LogP contribution in [0.15, 0.2) is 24.3 Å². The Labute approximate surface area is 125 Å². The van der Waals surface area contributed by atoms with Crippen molar-refractivity contribution < 1.29 is 9.90 Å². The molecule has 1 amide bonds. The van der Waals surface area contributed by atoms with Crippen molar-refractivity contribution in [3.8, 4) is 6.07 Å². The molecule has 21 heavy (non-hydrogen) atoms. The highest BCUT2D eigenvalue weighted by molar-refractivity contribution is 5.94. The quantitative estimate of drug-likeness (QED) is 0.843. The molecule has 0 heterocycles. The molecule has 4 nitrogen and oxygen atoms in total. The van der Waals surface area contributed by atoms with E-state index in [1.165, 1.54) is 0 Å². The highest BCUT2D eigenvalue weighted by Crippen LogP contribution is 2.47. The fraction of sp³-hybridized carbons (Fsp3) is 0.529. The van der Waals surface area contributed by atoms with Crippen LogP contribution in [0, 0.1) is 17.2 Å². The van der Waals surface area contributed by atoms with Crippen LogP contribution in [0.1, 0.15) is 49.0 Å². The molecule has 0 aromatic heterocycles. The molecule has 1 aliphatic carbocycles. The van der Waals surface area contributed by atoms with Gasteiger partial charge in [-0.3, -0.25) is 4.79 Å². The summed E-state index contributed by atoms with van der Waals surface area (Å²) in [6.07, 6.45) is 2.14. The molecule has 1 saturated carbocycles. The Bertz CT molecular complexity index is 539. The van der Waals surface area contributed by atoms with Gasteiger partial charge >= 0.3 is 0 Å². The predicted octanol–water partition coefficient (Wildman–Crippen LogP) is 2.38. The van der Waals surface area contributed by atoms with Gasteiger partial charge in [0.25, 0.3) is 5.91 Å². The smallest absolute Gasteiger partial charge is 0.251 e. The molecule has 0 bridgehead atoms. The molecule has 2 atom stereocenters. The zero-order chi connectivity index (χ0) is 15.5. The summed E-state index contributed by atoms with van der Waals surface area (Å²) >= 11 is 0. The molecule has 4 heteroatoms. The van der Waals surface area contributed by atoms with Gasteiger partial charge in [-0.2, -0.15) is 5.26 Å². The van der Waals surface area contributed by atoms with Gasteiger partial charge in [0.15, 0.2) is 0 Å². The van der Waals surface area contributed by atoms with E-state index < -0.39 is 0 Å². The number of nitriles is 1. The van der Waals surface area contributed by atoms with Crippen molar-refractivity contribution in [2.75, 3.05) is 6.54 Å². The lowest BCUT2D eigenvalue weighted by Crippen LogP contribution is -2.29. The first-order chi connectivity index (χ1) is 9.97. The largest absolute Gasteiger partial charge is 0.393 e. The Morgan fingerprint density at radius 3 is 2.48 bits per heavy atom. The maximum absolute atomic E-state index is 12.0. The Balaban J connectivity index is 1.90. The van der Waals surface area contributed by atoms with Crippen LogP contribution in [-0.4, -0.2) is 23.7 Å². The summed E-state index contributed by atoms with van der Waals surface area (Å²) in [5.41, 5.74) is 1.31.